The summed E-state index contributed by atoms with van der Waals surface area (Å²) in [6.07, 6.45) is 0.0331. The number of phenolic OH excluding ortho intramolecular Hbond substituents is 1. The highest BCUT2D eigenvalue weighted by atomic mass is 127. The molecule has 5 N–H and O–H groups in total. The van der Waals surface area contributed by atoms with Crippen LogP contribution in [0.2, 0.25) is 0 Å². The number of piperidine rings is 1. The Morgan fingerprint density at radius 2 is 1.45 bits per heavy atom. The van der Waals surface area contributed by atoms with E-state index < -0.39 is 48.2 Å². The van der Waals surface area contributed by atoms with Gasteiger partial charge in [0.2, 0.25) is 23.6 Å². The number of nitrogens with zero attached hydrogens (tertiary/aromatic N) is 3. The van der Waals surface area contributed by atoms with Crippen molar-refractivity contribution in [2.75, 3.05) is 64.5 Å². The Labute approximate surface area is 485 Å². The fourth-order valence-electron chi connectivity index (χ4n) is 8.29. The van der Waals surface area contributed by atoms with Crippen LogP contribution in [0, 0.1) is 10.7 Å². The van der Waals surface area contributed by atoms with Gasteiger partial charge < -0.3 is 59.7 Å². The van der Waals surface area contributed by atoms with E-state index in [1.807, 2.05) is 34.7 Å². The maximum atomic E-state index is 13.2. The van der Waals surface area contributed by atoms with E-state index in [0.717, 1.165) is 50.8 Å². The van der Waals surface area contributed by atoms with Crippen LogP contribution >= 0.6 is 67.8 Å². The minimum Gasteiger partial charge on any atom is -0.507 e. The summed E-state index contributed by atoms with van der Waals surface area (Å²) in [6.45, 7) is 4.74. The van der Waals surface area contributed by atoms with E-state index in [2.05, 4.69) is 76.4 Å². The van der Waals surface area contributed by atoms with Gasteiger partial charge >= 0.3 is 18.1 Å². The molecule has 424 valence electrons. The molecule has 0 bridgehead atoms. The first-order chi connectivity index (χ1) is 36.7. The molecule has 2 aliphatic heterocycles. The molecule has 3 heterocycles. The Bertz CT molecular complexity index is 2430. The summed E-state index contributed by atoms with van der Waals surface area (Å²) in [7, 11) is 0. The van der Waals surface area contributed by atoms with Crippen LogP contribution in [0.3, 0.4) is 0 Å². The molecule has 2 aliphatic rings. The first-order valence-corrected chi connectivity index (χ1v) is 28.5. The van der Waals surface area contributed by atoms with Crippen molar-refractivity contribution in [3.8, 4) is 17.2 Å². The third-order valence-corrected chi connectivity index (χ3v) is 14.6. The Morgan fingerprint density at radius 3 is 2.16 bits per heavy atom. The summed E-state index contributed by atoms with van der Waals surface area (Å²) in [5, 5.41) is 21.3. The summed E-state index contributed by atoms with van der Waals surface area (Å²) in [5.41, 5.74) is -0.202. The molecule has 1 aromatic heterocycles. The van der Waals surface area contributed by atoms with Crippen molar-refractivity contribution in [1.82, 2.24) is 30.8 Å². The number of anilines is 1. The molecule has 0 unspecified atom stereocenters. The maximum absolute atomic E-state index is 13.2. The number of aromatic hydroxyl groups is 1. The molecule has 3 aromatic rings. The van der Waals surface area contributed by atoms with Crippen LogP contribution in [-0.2, 0) is 65.0 Å². The third-order valence-electron chi connectivity index (χ3n) is 12.1. The number of rotatable bonds is 29. The van der Waals surface area contributed by atoms with Crippen molar-refractivity contribution < 1.29 is 75.5 Å². The summed E-state index contributed by atoms with van der Waals surface area (Å²) < 4.78 is 76.4. The SMILES string of the molecule is CC(=O)O[C@@H]1[C@H](OC(C)=O)[C@@H](Nc2cncc(C(F)(F)F)n2)CO[C@@H]1COCCCCCCNC(=O)CCOCCNC(=O)CCCC(=O)N1CCC(NC(=O)CCc2cc(I)c(Oc3ccc(O)c(I)c3)c(I)c2)CC1. The molecule has 4 atom stereocenters. The number of amides is 4. The topological polar surface area (TPSA) is 255 Å². The van der Waals surface area contributed by atoms with Crippen LogP contribution in [0.25, 0.3) is 0 Å². The van der Waals surface area contributed by atoms with Gasteiger partial charge in [0.05, 0.1) is 55.6 Å². The second kappa shape index (κ2) is 32.6. The van der Waals surface area contributed by atoms with Crippen molar-refractivity contribution in [1.29, 1.82) is 0 Å². The van der Waals surface area contributed by atoms with Gasteiger partial charge in [0.15, 0.2) is 23.7 Å². The molecule has 77 heavy (non-hydrogen) atoms. The fraction of sp³-hybridized carbons (Fsp3) is 0.569. The Kier molecular flexibility index (Phi) is 26.9. The molecule has 26 heteroatoms. The van der Waals surface area contributed by atoms with Crippen LogP contribution in [0.1, 0.15) is 95.7 Å². The molecule has 2 saturated heterocycles. The number of phenols is 1. The van der Waals surface area contributed by atoms with Crippen molar-refractivity contribution in [3.63, 3.8) is 0 Å². The third kappa shape index (κ3) is 22.7. The summed E-state index contributed by atoms with van der Waals surface area (Å²) in [4.78, 5) is 83.3. The molecule has 5 rings (SSSR count). The van der Waals surface area contributed by atoms with Crippen LogP contribution in [0.15, 0.2) is 42.7 Å². The highest BCUT2D eigenvalue weighted by molar-refractivity contribution is 14.1. The number of halogens is 6. The standard InChI is InChI=1S/C51H65F3I3N7O13/c1-31(65)75-49-39(62-43-28-58-27-42(63-43)51(52,53)54)29-74-41(50(49)76-32(2)66)30-73-21-6-4-3-5-17-59-45(69)16-22-72-23-18-60-44(68)8-7-9-47(71)64-19-14-34(15-20-64)61-46(70)13-10-33-24-37(56)48(38(57)25-33)77-35-11-12-40(67)36(55)26-35/h11-12,24-28,34,39,41,49-50,67H,3-10,13-23,29-30H2,1-2H3,(H,59,69)(H,60,68)(H,61,70)(H,62,63)/t39-,41+,49+,50-/m0/s1. The normalized spacial score (nSPS) is 17.7. The fourth-order valence-corrected chi connectivity index (χ4v) is 10.9. The number of alkyl halides is 3. The van der Waals surface area contributed by atoms with Gasteiger partial charge in [-0.3, -0.25) is 33.8 Å². The van der Waals surface area contributed by atoms with Crippen LogP contribution < -0.4 is 26.0 Å². The number of nitrogens with one attached hydrogen (secondary N) is 4. The number of carbonyl (C=O) groups excluding carboxylic acids is 6. The number of hydrogen-bond acceptors (Lipinski definition) is 16. The lowest BCUT2D eigenvalue weighted by atomic mass is 9.97. The molecule has 0 radical (unpaired) electrons. The van der Waals surface area contributed by atoms with Crippen LogP contribution in [-0.4, -0.2) is 145 Å². The lowest BCUT2D eigenvalue weighted by molar-refractivity contribution is -0.202. The van der Waals surface area contributed by atoms with Gasteiger partial charge in [0.25, 0.3) is 0 Å². The first kappa shape index (κ1) is 63.4. The molecular formula is C51H65F3I3N7O13. The number of unbranched alkanes of at least 4 members (excludes halogenated alkanes) is 3. The zero-order valence-electron chi connectivity index (χ0n) is 42.7. The van der Waals surface area contributed by atoms with Gasteiger partial charge in [-0.2, -0.15) is 13.2 Å². The number of carbonyl (C=O) groups is 6. The van der Waals surface area contributed by atoms with Crippen LogP contribution in [0.5, 0.6) is 17.2 Å². The predicted molar refractivity (Wildman–Crippen MR) is 299 cm³/mol. The number of hydrogen-bond donors (Lipinski definition) is 5. The molecule has 2 fully saturated rings. The molecule has 20 nitrogen and oxygen atoms in total. The quantitative estimate of drug-likeness (QED) is 0.0267. The summed E-state index contributed by atoms with van der Waals surface area (Å²) in [6, 6.07) is 8.14. The zero-order chi connectivity index (χ0) is 55.9. The summed E-state index contributed by atoms with van der Waals surface area (Å²) in [5.74, 6) is -0.508. The van der Waals surface area contributed by atoms with Crippen molar-refractivity contribution in [3.05, 3.63) is 64.7 Å². The molecule has 2 aromatic carbocycles. The largest absolute Gasteiger partial charge is 0.507 e. The van der Waals surface area contributed by atoms with E-state index in [0.29, 0.717) is 80.3 Å². The second-order valence-corrected chi connectivity index (χ2v) is 21.8. The van der Waals surface area contributed by atoms with Crippen molar-refractivity contribution in [2.45, 2.75) is 127 Å². The van der Waals surface area contributed by atoms with Crippen molar-refractivity contribution >= 4 is 109 Å². The van der Waals surface area contributed by atoms with Gasteiger partial charge in [-0.05, 0) is 142 Å². The van der Waals surface area contributed by atoms with E-state index in [1.165, 1.54) is 6.92 Å². The van der Waals surface area contributed by atoms with Crippen molar-refractivity contribution in [2.24, 2.45) is 0 Å². The van der Waals surface area contributed by atoms with Gasteiger partial charge in [-0.25, -0.2) is 4.98 Å². The van der Waals surface area contributed by atoms with Gasteiger partial charge in [-0.1, -0.05) is 12.8 Å². The average molecular weight is 1420 g/mol. The van der Waals surface area contributed by atoms with E-state index in [1.54, 1.807) is 23.1 Å². The molecule has 0 aliphatic carbocycles. The smallest absolute Gasteiger partial charge is 0.434 e. The number of esters is 2. The van der Waals surface area contributed by atoms with E-state index in [-0.39, 0.29) is 93.5 Å². The number of aryl methyl sites for hydroxylation is 1. The van der Waals surface area contributed by atoms with E-state index in [9.17, 15) is 47.0 Å². The molecular weight excluding hydrogens is 1360 g/mol. The second-order valence-electron chi connectivity index (χ2n) is 18.3. The average Bonchev–Trinajstić information content (AvgIpc) is 3.37. The summed E-state index contributed by atoms with van der Waals surface area (Å²) >= 11 is 6.50. The van der Waals surface area contributed by atoms with E-state index >= 15 is 0 Å². The zero-order valence-corrected chi connectivity index (χ0v) is 49.2. The predicted octanol–water partition coefficient (Wildman–Crippen LogP) is 6.98. The Balaban J connectivity index is 0.836. The lowest BCUT2D eigenvalue weighted by Crippen LogP contribution is -2.59. The minimum atomic E-state index is -4.74. The minimum absolute atomic E-state index is 0.0128. The highest BCUT2D eigenvalue weighted by Gasteiger charge is 2.46. The van der Waals surface area contributed by atoms with Gasteiger partial charge in [0, 0.05) is 78.4 Å². The maximum Gasteiger partial charge on any atom is 0.434 e. The Hall–Kier alpha value is -4.40. The number of likely N-dealkylation sites (tertiary alicyclic amines) is 1. The number of aromatic nitrogens is 2. The Morgan fingerprint density at radius 1 is 0.766 bits per heavy atom. The number of benzene rings is 2. The lowest BCUT2D eigenvalue weighted by Gasteiger charge is -2.41. The monoisotopic (exact) mass is 1420 g/mol. The van der Waals surface area contributed by atoms with E-state index in [4.69, 9.17) is 28.4 Å². The first-order valence-electron chi connectivity index (χ1n) is 25.3. The van der Waals surface area contributed by atoms with Crippen LogP contribution in [0.4, 0.5) is 19.0 Å². The molecule has 4 amide bonds. The molecule has 0 spiro atoms. The van der Waals surface area contributed by atoms with Gasteiger partial charge in [-0.15, -0.1) is 0 Å². The molecule has 0 saturated carbocycles. The number of ether oxygens (including phenoxy) is 6. The van der Waals surface area contributed by atoms with Gasteiger partial charge in [0.1, 0.15) is 23.4 Å². The highest BCUT2D eigenvalue weighted by Crippen LogP contribution is 2.35.